The predicted octanol–water partition coefficient (Wildman–Crippen LogP) is 4.99. The van der Waals surface area contributed by atoms with Crippen molar-refractivity contribution in [2.45, 2.75) is 13.5 Å². The summed E-state index contributed by atoms with van der Waals surface area (Å²) in [4.78, 5) is 2.37. The van der Waals surface area contributed by atoms with Gasteiger partial charge in [0.2, 0.25) is 0 Å². The van der Waals surface area contributed by atoms with Gasteiger partial charge in [0.25, 0.3) is 0 Å². The Hall–Kier alpha value is -2.94. The Morgan fingerprint density at radius 3 is 2.00 bits per heavy atom. The molecule has 25 heavy (non-hydrogen) atoms. The summed E-state index contributed by atoms with van der Waals surface area (Å²) >= 11 is 0. The van der Waals surface area contributed by atoms with Crippen molar-refractivity contribution in [3.05, 3.63) is 90.5 Å². The van der Waals surface area contributed by atoms with Gasteiger partial charge < -0.3 is 15.4 Å². The van der Waals surface area contributed by atoms with Gasteiger partial charge in [-0.05, 0) is 36.8 Å². The molecule has 0 aliphatic rings. The number of nitrogen functional groups attached to an aromatic ring is 1. The van der Waals surface area contributed by atoms with E-state index in [0.29, 0.717) is 0 Å². The lowest BCUT2D eigenvalue weighted by Crippen LogP contribution is -2.21. The summed E-state index contributed by atoms with van der Waals surface area (Å²) in [5.74, 6) is 0.801. The quantitative estimate of drug-likeness (QED) is 0.668. The second-order valence-electron chi connectivity index (χ2n) is 5.61. The molecular weight excluding hydrogens is 308 g/mol. The molecule has 0 amide bonds. The number of hydrogen-bond acceptors (Lipinski definition) is 3. The first-order valence-corrected chi connectivity index (χ1v) is 8.46. The standard InChI is InChI=1S/C15H17N.C7H9NO/c1-2-16(15-11-7-4-8-12-15)13-14-9-5-3-6-10-14;1-9-7-4-2-3-6(8)5-7/h3-12H,2,13H2,1H3;2-5H,8H2,1H3. The normalized spacial score (nSPS) is 9.68. The van der Waals surface area contributed by atoms with Crippen molar-refractivity contribution in [3.8, 4) is 5.75 Å². The number of methoxy groups -OCH3 is 1. The molecule has 0 aromatic heterocycles. The zero-order chi connectivity index (χ0) is 17.9. The van der Waals surface area contributed by atoms with E-state index >= 15 is 0 Å². The van der Waals surface area contributed by atoms with Crippen LogP contribution in [0.15, 0.2) is 84.9 Å². The molecule has 0 fully saturated rings. The van der Waals surface area contributed by atoms with E-state index < -0.39 is 0 Å². The molecular formula is C22H26N2O. The number of para-hydroxylation sites is 1. The predicted molar refractivity (Wildman–Crippen MR) is 107 cm³/mol. The molecule has 0 bridgehead atoms. The van der Waals surface area contributed by atoms with Crippen molar-refractivity contribution >= 4 is 11.4 Å². The Kier molecular flexibility index (Phi) is 7.39. The van der Waals surface area contributed by atoms with Crippen LogP contribution in [0, 0.1) is 0 Å². The number of benzene rings is 3. The first-order chi connectivity index (χ1) is 12.2. The number of nitrogens with zero attached hydrogens (tertiary/aromatic N) is 1. The zero-order valence-corrected chi connectivity index (χ0v) is 14.9. The molecule has 0 saturated heterocycles. The SMILES string of the molecule is CCN(Cc1ccccc1)c1ccccc1.COc1cccc(N)c1. The number of ether oxygens (including phenoxy) is 1. The second-order valence-corrected chi connectivity index (χ2v) is 5.61. The van der Waals surface area contributed by atoms with Crippen molar-refractivity contribution < 1.29 is 4.74 Å². The van der Waals surface area contributed by atoms with Crippen molar-refractivity contribution in [2.75, 3.05) is 24.3 Å². The van der Waals surface area contributed by atoms with Crippen LogP contribution < -0.4 is 15.4 Å². The average molecular weight is 334 g/mol. The van der Waals surface area contributed by atoms with Gasteiger partial charge in [-0.25, -0.2) is 0 Å². The van der Waals surface area contributed by atoms with Gasteiger partial charge in [-0.15, -0.1) is 0 Å². The summed E-state index contributed by atoms with van der Waals surface area (Å²) in [7, 11) is 1.62. The van der Waals surface area contributed by atoms with E-state index in [1.807, 2.05) is 18.2 Å². The average Bonchev–Trinajstić information content (AvgIpc) is 2.68. The molecule has 3 aromatic carbocycles. The molecule has 0 unspecified atom stereocenters. The second kappa shape index (κ2) is 10.0. The Balaban J connectivity index is 0.000000212. The topological polar surface area (TPSA) is 38.5 Å². The number of rotatable bonds is 5. The smallest absolute Gasteiger partial charge is 0.120 e. The minimum Gasteiger partial charge on any atom is -0.497 e. The van der Waals surface area contributed by atoms with Gasteiger partial charge in [0.15, 0.2) is 0 Å². The van der Waals surface area contributed by atoms with Gasteiger partial charge in [-0.3, -0.25) is 0 Å². The highest BCUT2D eigenvalue weighted by Crippen LogP contribution is 2.16. The molecule has 0 saturated carbocycles. The zero-order valence-electron chi connectivity index (χ0n) is 14.9. The summed E-state index contributed by atoms with van der Waals surface area (Å²) in [5, 5.41) is 0. The third-order valence-electron chi connectivity index (χ3n) is 3.81. The third kappa shape index (κ3) is 6.22. The minimum absolute atomic E-state index is 0.731. The first-order valence-electron chi connectivity index (χ1n) is 8.46. The lowest BCUT2D eigenvalue weighted by molar-refractivity contribution is 0.415. The molecule has 0 aliphatic carbocycles. The number of hydrogen-bond donors (Lipinski definition) is 1. The fraction of sp³-hybridized carbons (Fsp3) is 0.182. The van der Waals surface area contributed by atoms with Gasteiger partial charge in [0.1, 0.15) is 5.75 Å². The lowest BCUT2D eigenvalue weighted by Gasteiger charge is -2.23. The van der Waals surface area contributed by atoms with Crippen LogP contribution in [0.3, 0.4) is 0 Å². The van der Waals surface area contributed by atoms with Gasteiger partial charge in [-0.2, -0.15) is 0 Å². The molecule has 3 aromatic rings. The van der Waals surface area contributed by atoms with E-state index in [1.54, 1.807) is 13.2 Å². The monoisotopic (exact) mass is 334 g/mol. The number of nitrogens with two attached hydrogens (primary N) is 1. The molecule has 3 rings (SSSR count). The van der Waals surface area contributed by atoms with Crippen LogP contribution in [0.2, 0.25) is 0 Å². The molecule has 130 valence electrons. The Bertz CT molecular complexity index is 729. The Morgan fingerprint density at radius 1 is 0.840 bits per heavy atom. The Labute approximate surface area is 150 Å². The fourth-order valence-electron chi connectivity index (χ4n) is 2.47. The summed E-state index contributed by atoms with van der Waals surface area (Å²) < 4.78 is 4.92. The summed E-state index contributed by atoms with van der Waals surface area (Å²) in [5.41, 5.74) is 8.83. The molecule has 2 N–H and O–H groups in total. The maximum atomic E-state index is 5.45. The van der Waals surface area contributed by atoms with Crippen LogP contribution in [-0.2, 0) is 6.54 Å². The summed E-state index contributed by atoms with van der Waals surface area (Å²) in [6.45, 7) is 4.19. The van der Waals surface area contributed by atoms with E-state index in [-0.39, 0.29) is 0 Å². The molecule has 0 spiro atoms. The molecule has 0 atom stereocenters. The van der Waals surface area contributed by atoms with Crippen molar-refractivity contribution in [2.24, 2.45) is 0 Å². The molecule has 0 aliphatic heterocycles. The summed E-state index contributed by atoms with van der Waals surface area (Å²) in [6.07, 6.45) is 0. The third-order valence-corrected chi connectivity index (χ3v) is 3.81. The fourth-order valence-corrected chi connectivity index (χ4v) is 2.47. The highest BCUT2D eigenvalue weighted by atomic mass is 16.5. The molecule has 3 nitrogen and oxygen atoms in total. The number of anilines is 2. The molecule has 0 heterocycles. The van der Waals surface area contributed by atoms with E-state index in [4.69, 9.17) is 10.5 Å². The van der Waals surface area contributed by atoms with Crippen LogP contribution in [0.5, 0.6) is 5.75 Å². The summed E-state index contributed by atoms with van der Waals surface area (Å²) in [6, 6.07) is 28.4. The largest absolute Gasteiger partial charge is 0.497 e. The van der Waals surface area contributed by atoms with E-state index in [2.05, 4.69) is 72.5 Å². The van der Waals surface area contributed by atoms with Crippen LogP contribution in [0.4, 0.5) is 11.4 Å². The highest BCUT2D eigenvalue weighted by molar-refractivity contribution is 5.46. The van der Waals surface area contributed by atoms with Gasteiger partial charge >= 0.3 is 0 Å². The van der Waals surface area contributed by atoms with Crippen LogP contribution in [0.1, 0.15) is 12.5 Å². The van der Waals surface area contributed by atoms with Crippen molar-refractivity contribution in [1.82, 2.24) is 0 Å². The Morgan fingerprint density at radius 2 is 1.48 bits per heavy atom. The van der Waals surface area contributed by atoms with E-state index in [1.165, 1.54) is 11.3 Å². The highest BCUT2D eigenvalue weighted by Gasteiger charge is 2.03. The lowest BCUT2D eigenvalue weighted by atomic mass is 10.2. The first kappa shape index (κ1) is 18.4. The minimum atomic E-state index is 0.731. The molecule has 3 heteroatoms. The van der Waals surface area contributed by atoms with Crippen molar-refractivity contribution in [1.29, 1.82) is 0 Å². The van der Waals surface area contributed by atoms with Gasteiger partial charge in [-0.1, -0.05) is 54.6 Å². The van der Waals surface area contributed by atoms with E-state index in [0.717, 1.165) is 24.5 Å². The van der Waals surface area contributed by atoms with Crippen molar-refractivity contribution in [3.63, 3.8) is 0 Å². The molecule has 0 radical (unpaired) electrons. The van der Waals surface area contributed by atoms with Crippen LogP contribution in [-0.4, -0.2) is 13.7 Å². The van der Waals surface area contributed by atoms with E-state index in [9.17, 15) is 0 Å². The maximum Gasteiger partial charge on any atom is 0.120 e. The van der Waals surface area contributed by atoms with Crippen LogP contribution in [0.25, 0.3) is 0 Å². The van der Waals surface area contributed by atoms with Crippen LogP contribution >= 0.6 is 0 Å². The van der Waals surface area contributed by atoms with Gasteiger partial charge in [0.05, 0.1) is 7.11 Å². The van der Waals surface area contributed by atoms with Gasteiger partial charge in [0, 0.05) is 30.5 Å². The maximum absolute atomic E-state index is 5.45.